The van der Waals surface area contributed by atoms with Gasteiger partial charge in [0.25, 0.3) is 11.8 Å². The molecule has 3 amide bonds. The Balaban J connectivity index is 1.68. The van der Waals surface area contributed by atoms with Crippen molar-refractivity contribution >= 4 is 45.1 Å². The summed E-state index contributed by atoms with van der Waals surface area (Å²) in [5.41, 5.74) is 1.81. The number of ether oxygens (including phenoxy) is 2. The zero-order valence-corrected chi connectivity index (χ0v) is 21.2. The summed E-state index contributed by atoms with van der Waals surface area (Å²) in [7, 11) is 1.51. The fraction of sp³-hybridized carbons (Fsp3) is 0.240. The van der Waals surface area contributed by atoms with Crippen LogP contribution < -0.4 is 14.8 Å². The molecule has 0 fully saturated rings. The number of nitrogens with zero attached hydrogens (tertiary/aromatic N) is 1. The number of hydrogen-bond donors (Lipinski definition) is 2. The zero-order valence-electron chi connectivity index (χ0n) is 19.6. The van der Waals surface area contributed by atoms with Crippen LogP contribution in [0.4, 0.5) is 5.00 Å². The molecule has 2 N–H and O–H groups in total. The van der Waals surface area contributed by atoms with Gasteiger partial charge in [-0.2, -0.15) is 0 Å². The lowest BCUT2D eigenvalue weighted by molar-refractivity contribution is -0.114. The van der Waals surface area contributed by atoms with Crippen molar-refractivity contribution in [1.29, 1.82) is 0 Å². The van der Waals surface area contributed by atoms with Crippen molar-refractivity contribution in [2.75, 3.05) is 18.2 Å². The van der Waals surface area contributed by atoms with Gasteiger partial charge < -0.3 is 19.3 Å². The van der Waals surface area contributed by atoms with Crippen molar-refractivity contribution in [1.82, 2.24) is 4.90 Å². The molecule has 0 bridgehead atoms. The zero-order chi connectivity index (χ0) is 25.8. The SMILES string of the molecule is COc1ccc(C(CCS(=O)O)N2C(=O)c3csc(NC(C)=O)c3C2=O)cc1OCc1ccccc1. The highest BCUT2D eigenvalue weighted by Gasteiger charge is 2.43. The molecule has 0 radical (unpaired) electrons. The molecule has 2 aromatic carbocycles. The van der Waals surface area contributed by atoms with Gasteiger partial charge in [-0.25, -0.2) is 4.21 Å². The molecule has 2 unspecified atom stereocenters. The fourth-order valence-electron chi connectivity index (χ4n) is 4.01. The van der Waals surface area contributed by atoms with E-state index in [4.69, 9.17) is 9.47 Å². The van der Waals surface area contributed by atoms with E-state index in [1.807, 2.05) is 30.3 Å². The minimum atomic E-state index is -2.14. The highest BCUT2D eigenvalue weighted by atomic mass is 32.2. The number of nitrogens with one attached hydrogen (secondary N) is 1. The Morgan fingerprint density at radius 1 is 1.14 bits per heavy atom. The number of anilines is 1. The third-order valence-electron chi connectivity index (χ3n) is 5.65. The van der Waals surface area contributed by atoms with E-state index in [1.165, 1.54) is 19.4 Å². The van der Waals surface area contributed by atoms with E-state index in [1.54, 1.807) is 18.2 Å². The normalized spacial score (nSPS) is 14.4. The Morgan fingerprint density at radius 3 is 2.56 bits per heavy atom. The van der Waals surface area contributed by atoms with Crippen LogP contribution in [0.5, 0.6) is 11.5 Å². The van der Waals surface area contributed by atoms with Crippen LogP contribution in [-0.4, -0.2) is 44.2 Å². The lowest BCUT2D eigenvalue weighted by Gasteiger charge is -2.27. The van der Waals surface area contributed by atoms with Crippen LogP contribution in [0.1, 0.15) is 51.2 Å². The van der Waals surface area contributed by atoms with Gasteiger partial charge in [0.05, 0.1) is 30.0 Å². The lowest BCUT2D eigenvalue weighted by Crippen LogP contribution is -2.35. The van der Waals surface area contributed by atoms with Gasteiger partial charge in [0, 0.05) is 12.3 Å². The first-order valence-corrected chi connectivity index (χ1v) is 13.1. The number of amides is 3. The Morgan fingerprint density at radius 2 is 1.89 bits per heavy atom. The number of fused-ring (bicyclic) bond motifs is 1. The van der Waals surface area contributed by atoms with Crippen LogP contribution in [0.3, 0.4) is 0 Å². The third kappa shape index (κ3) is 5.32. The molecule has 0 aliphatic carbocycles. The van der Waals surface area contributed by atoms with Gasteiger partial charge >= 0.3 is 0 Å². The number of carbonyl (C=O) groups excluding carboxylic acids is 3. The summed E-state index contributed by atoms with van der Waals surface area (Å²) in [6.45, 7) is 1.59. The quantitative estimate of drug-likeness (QED) is 0.298. The molecule has 1 aliphatic rings. The number of thiophene rings is 1. The van der Waals surface area contributed by atoms with Gasteiger partial charge in [-0.1, -0.05) is 36.4 Å². The molecule has 2 heterocycles. The summed E-state index contributed by atoms with van der Waals surface area (Å²) in [4.78, 5) is 39.4. The van der Waals surface area contributed by atoms with Crippen LogP contribution in [0.2, 0.25) is 0 Å². The van der Waals surface area contributed by atoms with Gasteiger partial charge in [-0.3, -0.25) is 19.3 Å². The summed E-state index contributed by atoms with van der Waals surface area (Å²) in [5.74, 6) is -0.748. The van der Waals surface area contributed by atoms with Crippen LogP contribution in [0, 0.1) is 0 Å². The maximum Gasteiger partial charge on any atom is 0.265 e. The fourth-order valence-corrected chi connectivity index (χ4v) is 5.41. The predicted octanol–water partition coefficient (Wildman–Crippen LogP) is 4.24. The molecule has 0 saturated carbocycles. The van der Waals surface area contributed by atoms with E-state index in [0.29, 0.717) is 22.1 Å². The molecule has 1 aromatic heterocycles. The average Bonchev–Trinajstić information content (AvgIpc) is 3.37. The van der Waals surface area contributed by atoms with E-state index in [2.05, 4.69) is 5.32 Å². The highest BCUT2D eigenvalue weighted by molar-refractivity contribution is 7.79. The van der Waals surface area contributed by atoms with E-state index in [9.17, 15) is 23.1 Å². The van der Waals surface area contributed by atoms with Gasteiger partial charge in [0.1, 0.15) is 11.6 Å². The first-order valence-electron chi connectivity index (χ1n) is 11.0. The van der Waals surface area contributed by atoms with Crippen molar-refractivity contribution in [2.45, 2.75) is 26.0 Å². The average molecular weight is 529 g/mol. The molecule has 1 aliphatic heterocycles. The number of imide groups is 1. The maximum atomic E-state index is 13.4. The smallest absolute Gasteiger partial charge is 0.265 e. The van der Waals surface area contributed by atoms with Crippen LogP contribution in [-0.2, 0) is 22.5 Å². The maximum absolute atomic E-state index is 13.4. The highest BCUT2D eigenvalue weighted by Crippen LogP contribution is 2.41. The van der Waals surface area contributed by atoms with Gasteiger partial charge in [0.2, 0.25) is 5.91 Å². The molecule has 2 atom stereocenters. The second-order valence-electron chi connectivity index (χ2n) is 8.03. The molecular weight excluding hydrogens is 504 g/mol. The number of benzene rings is 2. The molecule has 188 valence electrons. The van der Waals surface area contributed by atoms with Crippen LogP contribution in [0.25, 0.3) is 0 Å². The van der Waals surface area contributed by atoms with Gasteiger partial charge in [-0.15, -0.1) is 11.3 Å². The largest absolute Gasteiger partial charge is 0.493 e. The van der Waals surface area contributed by atoms with E-state index >= 15 is 0 Å². The summed E-state index contributed by atoms with van der Waals surface area (Å²) < 4.78 is 32.4. The predicted molar refractivity (Wildman–Crippen MR) is 136 cm³/mol. The van der Waals surface area contributed by atoms with Crippen LogP contribution in [0.15, 0.2) is 53.9 Å². The van der Waals surface area contributed by atoms with Crippen molar-refractivity contribution in [3.8, 4) is 11.5 Å². The second kappa shape index (κ2) is 11.0. The first-order chi connectivity index (χ1) is 17.3. The van der Waals surface area contributed by atoms with E-state index < -0.39 is 28.9 Å². The summed E-state index contributed by atoms with van der Waals surface area (Å²) in [6.07, 6.45) is 0.0498. The van der Waals surface area contributed by atoms with Crippen molar-refractivity contribution in [3.05, 3.63) is 76.2 Å². The molecule has 4 rings (SSSR count). The number of rotatable bonds is 10. The molecule has 36 heavy (non-hydrogen) atoms. The molecule has 0 spiro atoms. The topological polar surface area (TPSA) is 122 Å². The van der Waals surface area contributed by atoms with Crippen LogP contribution >= 0.6 is 11.3 Å². The van der Waals surface area contributed by atoms with E-state index in [0.717, 1.165) is 21.8 Å². The lowest BCUT2D eigenvalue weighted by atomic mass is 10.0. The number of hydrogen-bond acceptors (Lipinski definition) is 7. The minimum absolute atomic E-state index is 0.0498. The number of carbonyl (C=O) groups is 3. The second-order valence-corrected chi connectivity index (χ2v) is 9.96. The molecule has 0 saturated heterocycles. The van der Waals surface area contributed by atoms with Gasteiger partial charge in [0.15, 0.2) is 22.6 Å². The number of methoxy groups -OCH3 is 1. The third-order valence-corrected chi connectivity index (χ3v) is 7.13. The summed E-state index contributed by atoms with van der Waals surface area (Å²) in [6, 6.07) is 13.7. The van der Waals surface area contributed by atoms with Crippen molar-refractivity contribution < 1.29 is 32.6 Å². The van der Waals surface area contributed by atoms with E-state index in [-0.39, 0.29) is 35.8 Å². The Labute approximate surface area is 214 Å². The standard InChI is InChI=1S/C25H24N2O7S2/c1-15(28)26-23-22-18(14-35-23)24(29)27(25(22)30)19(10-11-36(31)32)17-8-9-20(33-2)21(12-17)34-13-16-6-4-3-5-7-16/h3-9,12,14,19H,10-11,13H2,1-2H3,(H,26,28)(H,31,32). The molecule has 9 nitrogen and oxygen atoms in total. The first kappa shape index (κ1) is 25.5. The Kier molecular flexibility index (Phi) is 7.82. The van der Waals surface area contributed by atoms with Crippen molar-refractivity contribution in [2.24, 2.45) is 0 Å². The summed E-state index contributed by atoms with van der Waals surface area (Å²) >= 11 is -1.03. The minimum Gasteiger partial charge on any atom is -0.493 e. The van der Waals surface area contributed by atoms with Gasteiger partial charge in [-0.05, 0) is 29.7 Å². The molecular formula is C25H24N2O7S2. The molecule has 11 heteroatoms. The summed E-state index contributed by atoms with van der Waals surface area (Å²) in [5, 5.41) is 4.42. The monoisotopic (exact) mass is 528 g/mol. The Hall–Kier alpha value is -3.54. The molecule has 3 aromatic rings. The Bertz CT molecular complexity index is 1320. The van der Waals surface area contributed by atoms with Crippen molar-refractivity contribution in [3.63, 3.8) is 0 Å².